The fraction of sp³-hybridized carbons (Fsp3) is 0.857. The molecule has 1 aliphatic rings. The number of hydrogen-bond acceptors (Lipinski definition) is 1. The lowest BCUT2D eigenvalue weighted by Gasteiger charge is -2.10. The van der Waals surface area contributed by atoms with Crippen molar-refractivity contribution >= 4 is 0 Å². The van der Waals surface area contributed by atoms with Crippen LogP contribution in [0, 0.1) is 0 Å². The van der Waals surface area contributed by atoms with E-state index in [0.717, 1.165) is 6.04 Å². The maximum atomic E-state index is 3.72. The summed E-state index contributed by atoms with van der Waals surface area (Å²) in [5, 5.41) is 3.72. The van der Waals surface area contributed by atoms with E-state index in [1.165, 1.54) is 51.4 Å². The van der Waals surface area contributed by atoms with E-state index in [2.05, 4.69) is 31.3 Å². The SMILES string of the molecule is CCCCC=CC1CCC(CCCC)N1. The van der Waals surface area contributed by atoms with E-state index in [0.29, 0.717) is 6.04 Å². The zero-order chi connectivity index (χ0) is 10.9. The minimum absolute atomic E-state index is 0.670. The molecule has 88 valence electrons. The molecule has 1 aliphatic heterocycles. The van der Waals surface area contributed by atoms with Crippen LogP contribution in [0.2, 0.25) is 0 Å². The van der Waals surface area contributed by atoms with Gasteiger partial charge in [-0.3, -0.25) is 0 Å². The molecule has 0 amide bonds. The maximum absolute atomic E-state index is 3.72. The van der Waals surface area contributed by atoms with Gasteiger partial charge in [-0.05, 0) is 25.7 Å². The van der Waals surface area contributed by atoms with Gasteiger partial charge in [-0.25, -0.2) is 0 Å². The molecule has 1 N–H and O–H groups in total. The predicted octanol–water partition coefficient (Wildman–Crippen LogP) is 4.04. The second-order valence-corrected chi connectivity index (χ2v) is 4.76. The number of nitrogens with one attached hydrogen (secondary N) is 1. The molecular formula is C14H27N. The summed E-state index contributed by atoms with van der Waals surface area (Å²) in [6.07, 6.45) is 15.5. The standard InChI is InChI=1S/C14H27N/c1-3-5-7-8-10-14-12-11-13(15-14)9-6-4-2/h8,10,13-15H,3-7,9,11-12H2,1-2H3. The molecule has 0 radical (unpaired) electrons. The molecule has 1 fully saturated rings. The van der Waals surface area contributed by atoms with Crippen LogP contribution in [0.5, 0.6) is 0 Å². The van der Waals surface area contributed by atoms with E-state index in [1.807, 2.05) is 0 Å². The lowest BCUT2D eigenvalue weighted by Crippen LogP contribution is -2.27. The van der Waals surface area contributed by atoms with Gasteiger partial charge in [0.2, 0.25) is 0 Å². The summed E-state index contributed by atoms with van der Waals surface area (Å²) in [6, 6.07) is 1.47. The van der Waals surface area contributed by atoms with Crippen molar-refractivity contribution in [1.82, 2.24) is 5.32 Å². The third kappa shape index (κ3) is 5.36. The molecule has 1 nitrogen and oxygen atoms in total. The lowest BCUT2D eigenvalue weighted by atomic mass is 10.1. The monoisotopic (exact) mass is 209 g/mol. The van der Waals surface area contributed by atoms with Crippen LogP contribution in [0.3, 0.4) is 0 Å². The molecule has 0 saturated carbocycles. The molecule has 1 rings (SSSR count). The molecule has 1 saturated heterocycles. The zero-order valence-electron chi connectivity index (χ0n) is 10.5. The van der Waals surface area contributed by atoms with Crippen molar-refractivity contribution in [3.05, 3.63) is 12.2 Å². The van der Waals surface area contributed by atoms with Crippen LogP contribution in [0.4, 0.5) is 0 Å². The third-order valence-electron chi connectivity index (χ3n) is 3.27. The molecule has 0 bridgehead atoms. The summed E-state index contributed by atoms with van der Waals surface area (Å²) < 4.78 is 0. The Morgan fingerprint density at radius 1 is 1.13 bits per heavy atom. The molecular weight excluding hydrogens is 182 g/mol. The van der Waals surface area contributed by atoms with Gasteiger partial charge in [0.25, 0.3) is 0 Å². The number of allylic oxidation sites excluding steroid dienone is 1. The van der Waals surface area contributed by atoms with Gasteiger partial charge in [-0.1, -0.05) is 51.7 Å². The Morgan fingerprint density at radius 2 is 1.93 bits per heavy atom. The van der Waals surface area contributed by atoms with Crippen molar-refractivity contribution < 1.29 is 0 Å². The Balaban J connectivity index is 2.10. The van der Waals surface area contributed by atoms with E-state index < -0.39 is 0 Å². The van der Waals surface area contributed by atoms with E-state index in [-0.39, 0.29) is 0 Å². The van der Waals surface area contributed by atoms with E-state index >= 15 is 0 Å². The van der Waals surface area contributed by atoms with Gasteiger partial charge >= 0.3 is 0 Å². The molecule has 0 aromatic carbocycles. The van der Waals surface area contributed by atoms with Crippen LogP contribution in [-0.2, 0) is 0 Å². The van der Waals surface area contributed by atoms with E-state index in [1.54, 1.807) is 0 Å². The minimum Gasteiger partial charge on any atom is -0.308 e. The molecule has 0 aromatic heterocycles. The van der Waals surface area contributed by atoms with Crippen molar-refractivity contribution in [2.24, 2.45) is 0 Å². The summed E-state index contributed by atoms with van der Waals surface area (Å²) in [7, 11) is 0. The van der Waals surface area contributed by atoms with Gasteiger partial charge in [0.1, 0.15) is 0 Å². The van der Waals surface area contributed by atoms with Crippen LogP contribution in [-0.4, -0.2) is 12.1 Å². The molecule has 15 heavy (non-hydrogen) atoms. The Hall–Kier alpha value is -0.300. The zero-order valence-corrected chi connectivity index (χ0v) is 10.5. The fourth-order valence-electron chi connectivity index (χ4n) is 2.26. The first-order valence-electron chi connectivity index (χ1n) is 6.79. The summed E-state index contributed by atoms with van der Waals surface area (Å²) in [4.78, 5) is 0. The molecule has 2 unspecified atom stereocenters. The first-order chi connectivity index (χ1) is 7.36. The maximum Gasteiger partial charge on any atom is 0.0253 e. The summed E-state index contributed by atoms with van der Waals surface area (Å²) in [5.41, 5.74) is 0. The predicted molar refractivity (Wildman–Crippen MR) is 68.1 cm³/mol. The van der Waals surface area contributed by atoms with E-state index in [4.69, 9.17) is 0 Å². The molecule has 0 aliphatic carbocycles. The Labute approximate surface area is 95.3 Å². The van der Waals surface area contributed by atoms with Gasteiger partial charge in [0.05, 0.1) is 0 Å². The van der Waals surface area contributed by atoms with Crippen molar-refractivity contribution in [3.8, 4) is 0 Å². The quantitative estimate of drug-likeness (QED) is 0.493. The normalized spacial score (nSPS) is 26.5. The number of unbranched alkanes of at least 4 members (excludes halogenated alkanes) is 3. The molecule has 0 spiro atoms. The van der Waals surface area contributed by atoms with Gasteiger partial charge in [0, 0.05) is 12.1 Å². The highest BCUT2D eigenvalue weighted by Crippen LogP contribution is 2.18. The molecule has 1 heteroatoms. The summed E-state index contributed by atoms with van der Waals surface area (Å²) in [5.74, 6) is 0. The Kier molecular flexibility index (Phi) is 6.74. The molecule has 2 atom stereocenters. The minimum atomic E-state index is 0.670. The van der Waals surface area contributed by atoms with Gasteiger partial charge in [0.15, 0.2) is 0 Å². The second-order valence-electron chi connectivity index (χ2n) is 4.76. The van der Waals surface area contributed by atoms with Gasteiger partial charge in [-0.15, -0.1) is 0 Å². The largest absolute Gasteiger partial charge is 0.308 e. The lowest BCUT2D eigenvalue weighted by molar-refractivity contribution is 0.517. The van der Waals surface area contributed by atoms with E-state index in [9.17, 15) is 0 Å². The smallest absolute Gasteiger partial charge is 0.0253 e. The summed E-state index contributed by atoms with van der Waals surface area (Å²) >= 11 is 0. The highest BCUT2D eigenvalue weighted by Gasteiger charge is 2.20. The Bertz CT molecular complexity index is 174. The third-order valence-corrected chi connectivity index (χ3v) is 3.27. The number of hydrogen-bond donors (Lipinski definition) is 1. The topological polar surface area (TPSA) is 12.0 Å². The van der Waals surface area contributed by atoms with Crippen LogP contribution >= 0.6 is 0 Å². The molecule has 0 aromatic rings. The summed E-state index contributed by atoms with van der Waals surface area (Å²) in [6.45, 7) is 4.53. The highest BCUT2D eigenvalue weighted by molar-refractivity contribution is 4.98. The second kappa shape index (κ2) is 7.92. The van der Waals surface area contributed by atoms with Crippen molar-refractivity contribution in [1.29, 1.82) is 0 Å². The van der Waals surface area contributed by atoms with Crippen LogP contribution in [0.15, 0.2) is 12.2 Å². The van der Waals surface area contributed by atoms with Crippen molar-refractivity contribution in [2.75, 3.05) is 0 Å². The average molecular weight is 209 g/mol. The Morgan fingerprint density at radius 3 is 2.67 bits per heavy atom. The first kappa shape index (κ1) is 12.8. The van der Waals surface area contributed by atoms with Gasteiger partial charge < -0.3 is 5.32 Å². The molecule has 1 heterocycles. The highest BCUT2D eigenvalue weighted by atomic mass is 15.0. The fourth-order valence-corrected chi connectivity index (χ4v) is 2.26. The average Bonchev–Trinajstić information content (AvgIpc) is 2.69. The van der Waals surface area contributed by atoms with Crippen molar-refractivity contribution in [3.63, 3.8) is 0 Å². The van der Waals surface area contributed by atoms with Crippen LogP contribution in [0.25, 0.3) is 0 Å². The number of rotatable bonds is 7. The van der Waals surface area contributed by atoms with Crippen LogP contribution in [0.1, 0.15) is 65.2 Å². The van der Waals surface area contributed by atoms with Crippen LogP contribution < -0.4 is 5.32 Å². The first-order valence-corrected chi connectivity index (χ1v) is 6.79. The van der Waals surface area contributed by atoms with Crippen molar-refractivity contribution in [2.45, 2.75) is 77.3 Å². The van der Waals surface area contributed by atoms with Gasteiger partial charge in [-0.2, -0.15) is 0 Å².